The van der Waals surface area contributed by atoms with Crippen LogP contribution < -0.4 is 5.73 Å². The smallest absolute Gasteiger partial charge is 0.346 e. The third-order valence-electron chi connectivity index (χ3n) is 1.65. The highest BCUT2D eigenvalue weighted by atomic mass is 16.6. The predicted molar refractivity (Wildman–Crippen MR) is 48.3 cm³/mol. The molecule has 0 atom stereocenters. The quantitative estimate of drug-likeness (QED) is 0.577. The van der Waals surface area contributed by atoms with Crippen molar-refractivity contribution >= 4 is 17.3 Å². The van der Waals surface area contributed by atoms with E-state index in [2.05, 4.69) is 0 Å². The number of nitrogens with two attached hydrogens (primary N) is 1. The van der Waals surface area contributed by atoms with Crippen LogP contribution in [0.1, 0.15) is 10.4 Å². The van der Waals surface area contributed by atoms with Gasteiger partial charge in [0.25, 0.3) is 0 Å². The largest absolute Gasteiger partial charge is 0.366 e. The van der Waals surface area contributed by atoms with Crippen molar-refractivity contribution in [3.63, 3.8) is 0 Å². The third-order valence-corrected chi connectivity index (χ3v) is 1.65. The Kier molecular flexibility index (Phi) is 2.61. The van der Waals surface area contributed by atoms with Crippen LogP contribution >= 0.6 is 0 Å². The van der Waals surface area contributed by atoms with E-state index in [-0.39, 0.29) is 5.56 Å². The summed E-state index contributed by atoms with van der Waals surface area (Å²) in [6.07, 6.45) is 0. The molecular weight excluding hydrogens is 206 g/mol. The zero-order valence-corrected chi connectivity index (χ0v) is 7.25. The first kappa shape index (κ1) is 10.6. The molecule has 0 saturated carbocycles. The molecule has 1 aromatic carbocycles. The SMILES string of the molecule is NC(=O)c1ccc([N+](=O)[O-])c([N+](=O)[O-])c1. The van der Waals surface area contributed by atoms with Gasteiger partial charge in [0, 0.05) is 17.7 Å². The van der Waals surface area contributed by atoms with Crippen molar-refractivity contribution in [2.75, 3.05) is 0 Å². The lowest BCUT2D eigenvalue weighted by atomic mass is 10.1. The topological polar surface area (TPSA) is 129 Å². The van der Waals surface area contributed by atoms with Crippen molar-refractivity contribution in [2.45, 2.75) is 0 Å². The highest BCUT2D eigenvalue weighted by molar-refractivity contribution is 5.94. The average Bonchev–Trinajstić information content (AvgIpc) is 2.16. The Bertz CT molecular complexity index is 456. The van der Waals surface area contributed by atoms with Gasteiger partial charge in [0.05, 0.1) is 9.85 Å². The van der Waals surface area contributed by atoms with Crippen LogP contribution in [0.2, 0.25) is 0 Å². The highest BCUT2D eigenvalue weighted by Crippen LogP contribution is 2.27. The third kappa shape index (κ3) is 2.05. The van der Waals surface area contributed by atoms with E-state index in [4.69, 9.17) is 5.73 Å². The maximum absolute atomic E-state index is 10.7. The van der Waals surface area contributed by atoms with Gasteiger partial charge in [-0.05, 0) is 6.07 Å². The molecule has 0 unspecified atom stereocenters. The van der Waals surface area contributed by atoms with Gasteiger partial charge in [-0.15, -0.1) is 0 Å². The molecule has 0 fully saturated rings. The van der Waals surface area contributed by atoms with Crippen LogP contribution in [0.5, 0.6) is 0 Å². The molecule has 1 amide bonds. The van der Waals surface area contributed by atoms with Gasteiger partial charge in [0.1, 0.15) is 0 Å². The van der Waals surface area contributed by atoms with Crippen molar-refractivity contribution < 1.29 is 14.6 Å². The monoisotopic (exact) mass is 211 g/mol. The second kappa shape index (κ2) is 3.70. The summed E-state index contributed by atoms with van der Waals surface area (Å²) in [5.74, 6) is -0.881. The number of primary amides is 1. The fraction of sp³-hybridized carbons (Fsp3) is 0. The van der Waals surface area contributed by atoms with Crippen LogP contribution in [0.25, 0.3) is 0 Å². The standard InChI is InChI=1S/C7H5N3O5/c8-7(11)4-1-2-5(9(12)13)6(3-4)10(14)15/h1-3H,(H2,8,11). The molecule has 2 N–H and O–H groups in total. The van der Waals surface area contributed by atoms with E-state index in [0.717, 1.165) is 18.2 Å². The minimum atomic E-state index is -0.940. The van der Waals surface area contributed by atoms with Gasteiger partial charge in [-0.2, -0.15) is 0 Å². The second-order valence-electron chi connectivity index (χ2n) is 2.58. The molecule has 0 saturated heterocycles. The molecule has 0 aliphatic heterocycles. The first-order valence-electron chi connectivity index (χ1n) is 3.66. The second-order valence-corrected chi connectivity index (χ2v) is 2.58. The number of hydrogen-bond acceptors (Lipinski definition) is 5. The average molecular weight is 211 g/mol. The Hall–Kier alpha value is -2.51. The van der Waals surface area contributed by atoms with Crippen LogP contribution in [-0.2, 0) is 0 Å². The summed E-state index contributed by atoms with van der Waals surface area (Å²) in [7, 11) is 0. The summed E-state index contributed by atoms with van der Waals surface area (Å²) in [6.45, 7) is 0. The number of hydrogen-bond donors (Lipinski definition) is 1. The normalized spacial score (nSPS) is 9.60. The fourth-order valence-electron chi connectivity index (χ4n) is 0.977. The highest BCUT2D eigenvalue weighted by Gasteiger charge is 2.24. The van der Waals surface area contributed by atoms with E-state index in [1.165, 1.54) is 0 Å². The molecule has 0 bridgehead atoms. The maximum atomic E-state index is 10.7. The molecule has 78 valence electrons. The summed E-state index contributed by atoms with van der Waals surface area (Å²) in [5, 5.41) is 20.8. The van der Waals surface area contributed by atoms with Gasteiger partial charge < -0.3 is 5.73 Å². The molecule has 0 heterocycles. The van der Waals surface area contributed by atoms with E-state index in [0.29, 0.717) is 0 Å². The van der Waals surface area contributed by atoms with E-state index < -0.39 is 27.1 Å². The van der Waals surface area contributed by atoms with Crippen LogP contribution in [0.4, 0.5) is 11.4 Å². The van der Waals surface area contributed by atoms with Crippen LogP contribution in [0, 0.1) is 20.2 Å². The Labute approximate surface area is 82.6 Å². The predicted octanol–water partition coefficient (Wildman–Crippen LogP) is 0.602. The lowest BCUT2D eigenvalue weighted by Gasteiger charge is -1.96. The molecule has 15 heavy (non-hydrogen) atoms. The van der Waals surface area contributed by atoms with Gasteiger partial charge >= 0.3 is 11.4 Å². The van der Waals surface area contributed by atoms with Crippen LogP contribution in [-0.4, -0.2) is 15.8 Å². The number of carbonyl (C=O) groups is 1. The lowest BCUT2D eigenvalue weighted by Crippen LogP contribution is -2.11. The molecule has 0 aliphatic rings. The van der Waals surface area contributed by atoms with Gasteiger partial charge in [-0.3, -0.25) is 25.0 Å². The number of amides is 1. The molecule has 0 spiro atoms. The zero-order chi connectivity index (χ0) is 11.6. The summed E-state index contributed by atoms with van der Waals surface area (Å²) < 4.78 is 0. The van der Waals surface area contributed by atoms with Crippen molar-refractivity contribution in [3.8, 4) is 0 Å². The number of nitrogens with zero attached hydrogens (tertiary/aromatic N) is 2. The van der Waals surface area contributed by atoms with Gasteiger partial charge in [-0.1, -0.05) is 0 Å². The van der Waals surface area contributed by atoms with Crippen molar-refractivity contribution in [1.29, 1.82) is 0 Å². The van der Waals surface area contributed by atoms with E-state index in [1.54, 1.807) is 0 Å². The minimum Gasteiger partial charge on any atom is -0.366 e. The molecule has 0 radical (unpaired) electrons. The maximum Gasteiger partial charge on any atom is 0.346 e. The fourth-order valence-corrected chi connectivity index (χ4v) is 0.977. The Morgan fingerprint density at radius 2 is 1.67 bits per heavy atom. The van der Waals surface area contributed by atoms with Crippen molar-refractivity contribution in [3.05, 3.63) is 44.0 Å². The van der Waals surface area contributed by atoms with E-state index in [9.17, 15) is 25.0 Å². The molecule has 0 aromatic heterocycles. The Morgan fingerprint density at radius 1 is 1.13 bits per heavy atom. The van der Waals surface area contributed by atoms with E-state index in [1.807, 2.05) is 0 Å². The van der Waals surface area contributed by atoms with E-state index >= 15 is 0 Å². The first-order valence-corrected chi connectivity index (χ1v) is 3.66. The molecule has 1 rings (SSSR count). The molecule has 1 aromatic rings. The van der Waals surface area contributed by atoms with Gasteiger partial charge in [0.15, 0.2) is 0 Å². The molecular formula is C7H5N3O5. The molecule has 0 aliphatic carbocycles. The van der Waals surface area contributed by atoms with Gasteiger partial charge in [0.2, 0.25) is 5.91 Å². The number of nitro benzene ring substituents is 2. The number of benzene rings is 1. The zero-order valence-electron chi connectivity index (χ0n) is 7.25. The van der Waals surface area contributed by atoms with Crippen molar-refractivity contribution in [1.82, 2.24) is 0 Å². The lowest BCUT2D eigenvalue weighted by molar-refractivity contribution is -0.422. The molecule has 8 nitrogen and oxygen atoms in total. The number of carbonyl (C=O) groups excluding carboxylic acids is 1. The Balaban J connectivity index is 3.40. The molecule has 8 heteroatoms. The summed E-state index contributed by atoms with van der Waals surface area (Å²) >= 11 is 0. The van der Waals surface area contributed by atoms with Crippen LogP contribution in [0.15, 0.2) is 18.2 Å². The number of nitro groups is 2. The summed E-state index contributed by atoms with van der Waals surface area (Å²) in [4.78, 5) is 29.7. The summed E-state index contributed by atoms with van der Waals surface area (Å²) in [5.41, 5.74) is 3.30. The first-order chi connectivity index (χ1) is 6.93. The van der Waals surface area contributed by atoms with Crippen molar-refractivity contribution in [2.24, 2.45) is 5.73 Å². The van der Waals surface area contributed by atoms with Crippen LogP contribution in [0.3, 0.4) is 0 Å². The minimum absolute atomic E-state index is 0.146. The summed E-state index contributed by atoms with van der Waals surface area (Å²) in [6, 6.07) is 2.71. The Morgan fingerprint density at radius 3 is 2.07 bits per heavy atom. The van der Waals surface area contributed by atoms with Gasteiger partial charge in [-0.25, -0.2) is 0 Å². The number of rotatable bonds is 3.